The van der Waals surface area contributed by atoms with E-state index in [1.165, 1.54) is 0 Å². The van der Waals surface area contributed by atoms with E-state index in [-0.39, 0.29) is 5.91 Å². The van der Waals surface area contributed by atoms with Crippen LogP contribution in [0.25, 0.3) is 11.3 Å². The van der Waals surface area contributed by atoms with Crippen LogP contribution >= 0.6 is 0 Å². The SMILES string of the molecule is CCOc1ccc(CC(=O)Nc2cccc(-c3nc[nH]c3C)c2)cc1. The molecule has 0 unspecified atom stereocenters. The van der Waals surface area contributed by atoms with Crippen LogP contribution < -0.4 is 10.1 Å². The number of nitrogens with zero attached hydrogens (tertiary/aromatic N) is 1. The van der Waals surface area contributed by atoms with Gasteiger partial charge in [-0.25, -0.2) is 4.98 Å². The number of H-pyrrole nitrogens is 1. The standard InChI is InChI=1S/C20H21N3O2/c1-3-25-18-9-7-15(8-10-18)11-19(24)23-17-6-4-5-16(12-17)20-14(2)21-13-22-20/h4-10,12-13H,3,11H2,1-2H3,(H,21,22)(H,23,24). The number of rotatable bonds is 6. The Hall–Kier alpha value is -3.08. The summed E-state index contributed by atoms with van der Waals surface area (Å²) in [5, 5.41) is 2.94. The molecule has 25 heavy (non-hydrogen) atoms. The molecule has 0 fully saturated rings. The molecule has 1 aromatic heterocycles. The van der Waals surface area contributed by atoms with E-state index in [0.29, 0.717) is 13.0 Å². The predicted octanol–water partition coefficient (Wildman–Crippen LogP) is 3.97. The van der Waals surface area contributed by atoms with Gasteiger partial charge in [-0.1, -0.05) is 24.3 Å². The third-order valence-corrected chi connectivity index (χ3v) is 3.85. The van der Waals surface area contributed by atoms with E-state index < -0.39 is 0 Å². The third kappa shape index (κ3) is 4.26. The van der Waals surface area contributed by atoms with Crippen molar-refractivity contribution in [2.24, 2.45) is 0 Å². The molecule has 5 heteroatoms. The van der Waals surface area contributed by atoms with Gasteiger partial charge in [0, 0.05) is 16.9 Å². The Bertz CT molecular complexity index is 853. The fourth-order valence-electron chi connectivity index (χ4n) is 2.65. The molecule has 0 saturated carbocycles. The lowest BCUT2D eigenvalue weighted by Crippen LogP contribution is -2.14. The summed E-state index contributed by atoms with van der Waals surface area (Å²) in [5.41, 5.74) is 4.56. The summed E-state index contributed by atoms with van der Waals surface area (Å²) in [5.74, 6) is 0.758. The van der Waals surface area contributed by atoms with Gasteiger partial charge in [-0.05, 0) is 43.7 Å². The van der Waals surface area contributed by atoms with Crippen molar-refractivity contribution in [1.29, 1.82) is 0 Å². The molecule has 128 valence electrons. The average molecular weight is 335 g/mol. The third-order valence-electron chi connectivity index (χ3n) is 3.85. The number of aromatic amines is 1. The Morgan fingerprint density at radius 3 is 2.68 bits per heavy atom. The van der Waals surface area contributed by atoms with Crippen LogP contribution in [0.5, 0.6) is 5.75 Å². The molecule has 1 amide bonds. The first-order valence-electron chi connectivity index (χ1n) is 8.27. The smallest absolute Gasteiger partial charge is 0.228 e. The lowest BCUT2D eigenvalue weighted by atomic mass is 10.1. The number of aromatic nitrogens is 2. The molecule has 5 nitrogen and oxygen atoms in total. The summed E-state index contributed by atoms with van der Waals surface area (Å²) < 4.78 is 5.41. The van der Waals surface area contributed by atoms with Gasteiger partial charge in [0.15, 0.2) is 0 Å². The Balaban J connectivity index is 1.66. The molecule has 0 bridgehead atoms. The van der Waals surface area contributed by atoms with Crippen molar-refractivity contribution in [2.75, 3.05) is 11.9 Å². The molecule has 3 aromatic rings. The van der Waals surface area contributed by atoms with Crippen LogP contribution in [-0.4, -0.2) is 22.5 Å². The van der Waals surface area contributed by atoms with E-state index in [4.69, 9.17) is 4.74 Å². The largest absolute Gasteiger partial charge is 0.494 e. The summed E-state index contributed by atoms with van der Waals surface area (Å²) in [7, 11) is 0. The second kappa shape index (κ2) is 7.66. The Morgan fingerprint density at radius 1 is 1.20 bits per heavy atom. The number of ether oxygens (including phenoxy) is 1. The predicted molar refractivity (Wildman–Crippen MR) is 98.7 cm³/mol. The van der Waals surface area contributed by atoms with Crippen LogP contribution in [0, 0.1) is 6.92 Å². The highest BCUT2D eigenvalue weighted by Crippen LogP contribution is 2.23. The molecular formula is C20H21N3O2. The molecule has 3 rings (SSSR count). The van der Waals surface area contributed by atoms with E-state index in [9.17, 15) is 4.79 Å². The van der Waals surface area contributed by atoms with Gasteiger partial charge < -0.3 is 15.0 Å². The molecule has 0 aliphatic heterocycles. The minimum Gasteiger partial charge on any atom is -0.494 e. The minimum absolute atomic E-state index is 0.0555. The zero-order valence-corrected chi connectivity index (χ0v) is 14.4. The van der Waals surface area contributed by atoms with E-state index in [0.717, 1.165) is 34.0 Å². The number of imidazole rings is 1. The zero-order chi connectivity index (χ0) is 17.6. The van der Waals surface area contributed by atoms with E-state index in [1.807, 2.05) is 62.4 Å². The van der Waals surface area contributed by atoms with E-state index >= 15 is 0 Å². The first kappa shape index (κ1) is 16.8. The number of anilines is 1. The van der Waals surface area contributed by atoms with Gasteiger partial charge in [-0.3, -0.25) is 4.79 Å². The number of hydrogen-bond donors (Lipinski definition) is 2. The van der Waals surface area contributed by atoms with Crippen LogP contribution in [0.3, 0.4) is 0 Å². The van der Waals surface area contributed by atoms with Gasteiger partial charge in [0.25, 0.3) is 0 Å². The van der Waals surface area contributed by atoms with Gasteiger partial charge in [-0.2, -0.15) is 0 Å². The highest BCUT2D eigenvalue weighted by Gasteiger charge is 2.08. The second-order valence-electron chi connectivity index (χ2n) is 5.76. The maximum Gasteiger partial charge on any atom is 0.228 e. The Morgan fingerprint density at radius 2 is 2.00 bits per heavy atom. The molecular weight excluding hydrogens is 314 g/mol. The monoisotopic (exact) mass is 335 g/mol. The molecule has 0 saturated heterocycles. The quantitative estimate of drug-likeness (QED) is 0.716. The van der Waals surface area contributed by atoms with Crippen LogP contribution in [-0.2, 0) is 11.2 Å². The molecule has 2 N–H and O–H groups in total. The number of carbonyl (C=O) groups excluding carboxylic acids is 1. The molecule has 0 aliphatic rings. The molecule has 0 aliphatic carbocycles. The van der Waals surface area contributed by atoms with Crippen molar-refractivity contribution < 1.29 is 9.53 Å². The summed E-state index contributed by atoms with van der Waals surface area (Å²) in [4.78, 5) is 19.7. The maximum atomic E-state index is 12.3. The molecule has 2 aromatic carbocycles. The zero-order valence-electron chi connectivity index (χ0n) is 14.4. The van der Waals surface area contributed by atoms with Crippen LogP contribution in [0.2, 0.25) is 0 Å². The topological polar surface area (TPSA) is 67.0 Å². The number of aryl methyl sites for hydroxylation is 1. The van der Waals surface area contributed by atoms with Gasteiger partial charge >= 0.3 is 0 Å². The molecule has 1 heterocycles. The first-order valence-corrected chi connectivity index (χ1v) is 8.27. The fraction of sp³-hybridized carbons (Fsp3) is 0.200. The molecule has 0 spiro atoms. The molecule has 0 atom stereocenters. The Labute approximate surface area is 147 Å². The van der Waals surface area contributed by atoms with Gasteiger partial charge in [0.2, 0.25) is 5.91 Å². The van der Waals surface area contributed by atoms with Crippen molar-refractivity contribution in [3.63, 3.8) is 0 Å². The normalized spacial score (nSPS) is 10.5. The lowest BCUT2D eigenvalue weighted by Gasteiger charge is -2.08. The minimum atomic E-state index is -0.0555. The van der Waals surface area contributed by atoms with Crippen molar-refractivity contribution in [2.45, 2.75) is 20.3 Å². The maximum absolute atomic E-state index is 12.3. The average Bonchev–Trinajstić information content (AvgIpc) is 3.03. The van der Waals surface area contributed by atoms with E-state index in [1.54, 1.807) is 6.33 Å². The molecule has 0 radical (unpaired) electrons. The number of nitrogens with one attached hydrogen (secondary N) is 2. The van der Waals surface area contributed by atoms with Crippen molar-refractivity contribution >= 4 is 11.6 Å². The van der Waals surface area contributed by atoms with Gasteiger partial charge in [0.1, 0.15) is 5.75 Å². The number of hydrogen-bond acceptors (Lipinski definition) is 3. The lowest BCUT2D eigenvalue weighted by molar-refractivity contribution is -0.115. The first-order chi connectivity index (χ1) is 12.2. The van der Waals surface area contributed by atoms with Gasteiger partial charge in [-0.15, -0.1) is 0 Å². The number of amides is 1. The second-order valence-corrected chi connectivity index (χ2v) is 5.76. The van der Waals surface area contributed by atoms with Crippen LogP contribution in [0.1, 0.15) is 18.2 Å². The highest BCUT2D eigenvalue weighted by atomic mass is 16.5. The number of benzene rings is 2. The summed E-state index contributed by atoms with van der Waals surface area (Å²) >= 11 is 0. The van der Waals surface area contributed by atoms with Crippen molar-refractivity contribution in [1.82, 2.24) is 9.97 Å². The van der Waals surface area contributed by atoms with E-state index in [2.05, 4.69) is 15.3 Å². The highest BCUT2D eigenvalue weighted by molar-refractivity contribution is 5.92. The van der Waals surface area contributed by atoms with Crippen LogP contribution in [0.15, 0.2) is 54.9 Å². The number of carbonyl (C=O) groups is 1. The van der Waals surface area contributed by atoms with Crippen molar-refractivity contribution in [3.8, 4) is 17.0 Å². The Kier molecular flexibility index (Phi) is 5.14. The van der Waals surface area contributed by atoms with Gasteiger partial charge in [0.05, 0.1) is 25.0 Å². The summed E-state index contributed by atoms with van der Waals surface area (Å²) in [6, 6.07) is 15.3. The van der Waals surface area contributed by atoms with Crippen molar-refractivity contribution in [3.05, 3.63) is 66.1 Å². The summed E-state index contributed by atoms with van der Waals surface area (Å²) in [6.45, 7) is 4.55. The summed E-state index contributed by atoms with van der Waals surface area (Å²) in [6.07, 6.45) is 1.99. The van der Waals surface area contributed by atoms with Crippen LogP contribution in [0.4, 0.5) is 5.69 Å². The fourth-order valence-corrected chi connectivity index (χ4v) is 2.65.